The van der Waals surface area contributed by atoms with Gasteiger partial charge in [-0.3, -0.25) is 14.6 Å². The molecule has 0 spiro atoms. The molecule has 0 aliphatic heterocycles. The number of fused-ring (bicyclic) bond motifs is 3. The number of aryl methyl sites for hydroxylation is 1. The largest absolute Gasteiger partial charge is 0.294 e. The van der Waals surface area contributed by atoms with Gasteiger partial charge in [-0.1, -0.05) is 24.6 Å². The molecule has 5 rings (SSSR count). The lowest BCUT2D eigenvalue weighted by atomic mass is 9.86. The normalized spacial score (nSPS) is 22.9. The van der Waals surface area contributed by atoms with E-state index in [0.717, 1.165) is 33.8 Å². The molecule has 6 heteroatoms. The molecule has 29 heavy (non-hydrogen) atoms. The van der Waals surface area contributed by atoms with E-state index in [2.05, 4.69) is 15.5 Å². The maximum atomic E-state index is 13.0. The van der Waals surface area contributed by atoms with E-state index in [9.17, 15) is 9.59 Å². The minimum atomic E-state index is -0.309. The SMILES string of the molecule is Cc1cc(-c2nn(NC(=O)CC3CC4CCC3C4)c(=O)c3ccccc23)ccn1. The lowest BCUT2D eigenvalue weighted by Crippen LogP contribution is -2.36. The van der Waals surface area contributed by atoms with Crippen LogP contribution in [0.2, 0.25) is 0 Å². The van der Waals surface area contributed by atoms with Crippen molar-refractivity contribution in [3.63, 3.8) is 0 Å². The van der Waals surface area contributed by atoms with Crippen molar-refractivity contribution in [3.8, 4) is 11.3 Å². The minimum Gasteiger partial charge on any atom is -0.273 e. The van der Waals surface area contributed by atoms with Crippen molar-refractivity contribution in [1.82, 2.24) is 14.9 Å². The zero-order chi connectivity index (χ0) is 20.0. The Morgan fingerprint density at radius 2 is 2.00 bits per heavy atom. The van der Waals surface area contributed by atoms with E-state index in [1.165, 1.54) is 19.3 Å². The minimum absolute atomic E-state index is 0.135. The van der Waals surface area contributed by atoms with Crippen molar-refractivity contribution in [3.05, 3.63) is 58.6 Å². The van der Waals surface area contributed by atoms with Crippen molar-refractivity contribution in [1.29, 1.82) is 0 Å². The summed E-state index contributed by atoms with van der Waals surface area (Å²) in [5.74, 6) is 1.76. The molecule has 6 nitrogen and oxygen atoms in total. The van der Waals surface area contributed by atoms with Gasteiger partial charge >= 0.3 is 0 Å². The van der Waals surface area contributed by atoms with Gasteiger partial charge in [0.15, 0.2) is 0 Å². The lowest BCUT2D eigenvalue weighted by molar-refractivity contribution is -0.118. The van der Waals surface area contributed by atoms with Crippen LogP contribution in [-0.2, 0) is 4.79 Å². The van der Waals surface area contributed by atoms with Gasteiger partial charge in [0, 0.05) is 29.3 Å². The quantitative estimate of drug-likeness (QED) is 0.740. The fraction of sp³-hybridized carbons (Fsp3) is 0.391. The standard InChI is InChI=1S/C23H24N4O2/c1-14-10-17(8-9-24-14)22-19-4-2-3-5-20(19)23(29)27(26-22)25-21(28)13-18-12-15-6-7-16(18)11-15/h2-5,8-10,15-16,18H,6-7,11-13H2,1H3,(H,25,28). The smallest absolute Gasteiger partial charge is 0.273 e. The molecule has 0 radical (unpaired) electrons. The fourth-order valence-electron chi connectivity index (χ4n) is 5.20. The van der Waals surface area contributed by atoms with Crippen LogP contribution in [0.3, 0.4) is 0 Å². The number of aromatic nitrogens is 3. The van der Waals surface area contributed by atoms with Gasteiger partial charge in [-0.2, -0.15) is 0 Å². The Balaban J connectivity index is 1.49. The molecule has 2 saturated carbocycles. The first-order valence-corrected chi connectivity index (χ1v) is 10.3. The van der Waals surface area contributed by atoms with Crippen LogP contribution in [0.5, 0.6) is 0 Å². The van der Waals surface area contributed by atoms with E-state index in [-0.39, 0.29) is 11.5 Å². The second-order valence-electron chi connectivity index (χ2n) is 8.47. The van der Waals surface area contributed by atoms with E-state index in [1.54, 1.807) is 12.3 Å². The number of hydrogen-bond donors (Lipinski definition) is 1. The summed E-state index contributed by atoms with van der Waals surface area (Å²) in [6.45, 7) is 1.92. The van der Waals surface area contributed by atoms with Crippen LogP contribution in [0.25, 0.3) is 22.0 Å². The topological polar surface area (TPSA) is 76.9 Å². The van der Waals surface area contributed by atoms with Gasteiger partial charge in [-0.15, -0.1) is 9.89 Å². The highest BCUT2D eigenvalue weighted by Crippen LogP contribution is 2.49. The molecule has 3 unspecified atom stereocenters. The van der Waals surface area contributed by atoms with Crippen molar-refractivity contribution in [2.45, 2.75) is 39.0 Å². The molecule has 1 N–H and O–H groups in total. The van der Waals surface area contributed by atoms with Crippen LogP contribution in [0.15, 0.2) is 47.4 Å². The number of nitrogens with zero attached hydrogens (tertiary/aromatic N) is 3. The average Bonchev–Trinajstić information content (AvgIpc) is 3.33. The predicted molar refractivity (Wildman–Crippen MR) is 112 cm³/mol. The van der Waals surface area contributed by atoms with Gasteiger partial charge in [0.05, 0.1) is 5.39 Å². The lowest BCUT2D eigenvalue weighted by Gasteiger charge is -2.21. The third-order valence-corrected chi connectivity index (χ3v) is 6.54. The Bertz CT molecular complexity index is 1150. The maximum absolute atomic E-state index is 13.0. The van der Waals surface area contributed by atoms with Crippen LogP contribution in [0, 0.1) is 24.7 Å². The highest BCUT2D eigenvalue weighted by molar-refractivity contribution is 5.94. The van der Waals surface area contributed by atoms with Gasteiger partial charge in [-0.05, 0) is 62.1 Å². The van der Waals surface area contributed by atoms with E-state index >= 15 is 0 Å². The zero-order valence-electron chi connectivity index (χ0n) is 16.5. The molecule has 2 aliphatic carbocycles. The van der Waals surface area contributed by atoms with Gasteiger partial charge < -0.3 is 0 Å². The number of amides is 1. The number of nitrogens with one attached hydrogen (secondary N) is 1. The molecule has 2 fully saturated rings. The summed E-state index contributed by atoms with van der Waals surface area (Å²) in [6.07, 6.45) is 7.14. The molecule has 2 heterocycles. The average molecular weight is 388 g/mol. The molecule has 1 amide bonds. The Morgan fingerprint density at radius 1 is 1.17 bits per heavy atom. The Morgan fingerprint density at radius 3 is 2.72 bits per heavy atom. The summed E-state index contributed by atoms with van der Waals surface area (Å²) < 4.78 is 0. The highest BCUT2D eigenvalue weighted by atomic mass is 16.2. The van der Waals surface area contributed by atoms with Crippen LogP contribution < -0.4 is 11.0 Å². The second kappa shape index (κ2) is 7.10. The molecular formula is C23H24N4O2. The van der Waals surface area contributed by atoms with E-state index in [0.29, 0.717) is 29.3 Å². The number of benzene rings is 1. The second-order valence-corrected chi connectivity index (χ2v) is 8.47. The third kappa shape index (κ3) is 3.33. The molecular weight excluding hydrogens is 364 g/mol. The number of carbonyl (C=O) groups excluding carboxylic acids is 1. The maximum Gasteiger partial charge on any atom is 0.294 e. The number of rotatable bonds is 4. The summed E-state index contributed by atoms with van der Waals surface area (Å²) in [5, 5.41) is 5.82. The first-order chi connectivity index (χ1) is 14.1. The number of carbonyl (C=O) groups is 1. The molecule has 3 atom stereocenters. The van der Waals surface area contributed by atoms with E-state index in [4.69, 9.17) is 0 Å². The van der Waals surface area contributed by atoms with Crippen LogP contribution in [0.4, 0.5) is 0 Å². The summed E-state index contributed by atoms with van der Waals surface area (Å²) in [4.78, 5) is 31.0. The molecule has 0 saturated heterocycles. The Labute approximate surface area is 168 Å². The summed E-state index contributed by atoms with van der Waals surface area (Å²) in [7, 11) is 0. The van der Waals surface area contributed by atoms with Gasteiger partial charge in [-0.25, -0.2) is 5.43 Å². The Hall–Kier alpha value is -3.02. The summed E-state index contributed by atoms with van der Waals surface area (Å²) in [6, 6.07) is 11.2. The zero-order valence-corrected chi connectivity index (χ0v) is 16.5. The molecule has 2 bridgehead atoms. The number of hydrogen-bond acceptors (Lipinski definition) is 4. The van der Waals surface area contributed by atoms with Gasteiger partial charge in [0.1, 0.15) is 5.69 Å². The van der Waals surface area contributed by atoms with Crippen LogP contribution >= 0.6 is 0 Å². The van der Waals surface area contributed by atoms with Crippen molar-refractivity contribution >= 4 is 16.7 Å². The molecule has 2 aromatic heterocycles. The fourth-order valence-corrected chi connectivity index (χ4v) is 5.20. The van der Waals surface area contributed by atoms with Gasteiger partial charge in [0.25, 0.3) is 5.56 Å². The third-order valence-electron chi connectivity index (χ3n) is 6.54. The summed E-state index contributed by atoms with van der Waals surface area (Å²) in [5.41, 5.74) is 4.83. The highest BCUT2D eigenvalue weighted by Gasteiger charge is 2.40. The van der Waals surface area contributed by atoms with Crippen molar-refractivity contribution in [2.24, 2.45) is 17.8 Å². The Kier molecular flexibility index (Phi) is 4.42. The van der Waals surface area contributed by atoms with Crippen LogP contribution in [0.1, 0.15) is 37.8 Å². The van der Waals surface area contributed by atoms with Crippen molar-refractivity contribution < 1.29 is 4.79 Å². The van der Waals surface area contributed by atoms with Crippen LogP contribution in [-0.4, -0.2) is 20.8 Å². The molecule has 1 aromatic carbocycles. The molecule has 3 aromatic rings. The van der Waals surface area contributed by atoms with Gasteiger partial charge in [0.2, 0.25) is 5.91 Å². The first kappa shape index (κ1) is 18.0. The first-order valence-electron chi connectivity index (χ1n) is 10.3. The molecule has 148 valence electrons. The monoisotopic (exact) mass is 388 g/mol. The van der Waals surface area contributed by atoms with E-state index < -0.39 is 0 Å². The summed E-state index contributed by atoms with van der Waals surface area (Å²) >= 11 is 0. The van der Waals surface area contributed by atoms with Crippen molar-refractivity contribution in [2.75, 3.05) is 5.43 Å². The molecule has 2 aliphatic rings. The van der Waals surface area contributed by atoms with E-state index in [1.807, 2.05) is 37.3 Å². The number of pyridine rings is 1. The predicted octanol–water partition coefficient (Wildman–Crippen LogP) is 3.66.